The van der Waals surface area contributed by atoms with Gasteiger partial charge in [0, 0.05) is 19.2 Å². The predicted octanol–water partition coefficient (Wildman–Crippen LogP) is 5.00. The number of ketones is 1. The number of nitriles is 1. The van der Waals surface area contributed by atoms with Crippen LogP contribution >= 0.6 is 0 Å². The van der Waals surface area contributed by atoms with Crippen molar-refractivity contribution < 1.29 is 14.6 Å². The summed E-state index contributed by atoms with van der Waals surface area (Å²) in [5, 5.41) is 24.4. The SMILES string of the molecule is COC[C@@]1(O)CC[C@H]2[C@H](CC[C@@H]3[C@@H]2CC[C@]2(CC(C)C)[C@@H](C(=O)Cn4cc(C#N)cn4)CC[C@@H]32)C1. The standard InChI is InChI=1S/C29H43N3O3/c1-19(2)12-29-11-9-23-22-8-10-28(34,18-35-3)13-21(22)4-5-24(23)25(29)6-7-26(29)27(33)17-32-16-20(14-30)15-31-32/h15-16,19,21-26,34H,4-13,17-18H2,1-3H3/t21-,22+,23-,24-,25+,26-,28-,29-/m1/s1. The number of fused-ring (bicyclic) bond motifs is 5. The summed E-state index contributed by atoms with van der Waals surface area (Å²) in [6.07, 6.45) is 14.3. The zero-order valence-corrected chi connectivity index (χ0v) is 21.8. The molecule has 4 aliphatic carbocycles. The molecule has 4 saturated carbocycles. The average molecular weight is 482 g/mol. The van der Waals surface area contributed by atoms with Gasteiger partial charge in [0.1, 0.15) is 6.07 Å². The first-order valence-corrected chi connectivity index (χ1v) is 13.9. The molecule has 4 aliphatic rings. The summed E-state index contributed by atoms with van der Waals surface area (Å²) in [6, 6.07) is 2.12. The Kier molecular flexibility index (Phi) is 6.87. The molecular formula is C29H43N3O3. The molecule has 1 N–H and O–H groups in total. The molecule has 0 radical (unpaired) electrons. The number of hydrogen-bond acceptors (Lipinski definition) is 5. The third-order valence-electron chi connectivity index (χ3n) is 10.5. The fourth-order valence-electron chi connectivity index (χ4n) is 9.59. The van der Waals surface area contributed by atoms with Crippen molar-refractivity contribution in [3.8, 4) is 6.07 Å². The third kappa shape index (κ3) is 4.48. The van der Waals surface area contributed by atoms with Crippen LogP contribution in [0, 0.1) is 58.2 Å². The highest BCUT2D eigenvalue weighted by atomic mass is 16.5. The molecule has 6 heteroatoms. The zero-order valence-electron chi connectivity index (χ0n) is 21.8. The second kappa shape index (κ2) is 9.63. The fourth-order valence-corrected chi connectivity index (χ4v) is 9.59. The summed E-state index contributed by atoms with van der Waals surface area (Å²) in [5.41, 5.74) is -0.00140. The van der Waals surface area contributed by atoms with E-state index in [0.717, 1.165) is 49.9 Å². The summed E-state index contributed by atoms with van der Waals surface area (Å²) in [7, 11) is 1.70. The largest absolute Gasteiger partial charge is 0.387 e. The Hall–Kier alpha value is -1.71. The van der Waals surface area contributed by atoms with Gasteiger partial charge in [0.2, 0.25) is 0 Å². The van der Waals surface area contributed by atoms with E-state index in [1.807, 2.05) is 0 Å². The second-order valence-electron chi connectivity index (χ2n) is 12.8. The highest BCUT2D eigenvalue weighted by molar-refractivity contribution is 5.82. The first-order valence-electron chi connectivity index (χ1n) is 13.9. The van der Waals surface area contributed by atoms with Crippen LogP contribution in [-0.4, -0.2) is 40.0 Å². The van der Waals surface area contributed by atoms with Crippen LogP contribution in [0.1, 0.15) is 83.6 Å². The number of carbonyl (C=O) groups is 1. The van der Waals surface area contributed by atoms with E-state index in [-0.39, 0.29) is 17.9 Å². The maximum atomic E-state index is 13.7. The van der Waals surface area contributed by atoms with E-state index in [4.69, 9.17) is 10.00 Å². The van der Waals surface area contributed by atoms with Crippen molar-refractivity contribution in [1.29, 1.82) is 5.26 Å². The second-order valence-corrected chi connectivity index (χ2v) is 12.8. The Balaban J connectivity index is 1.35. The minimum absolute atomic E-state index is 0.112. The number of carbonyl (C=O) groups excluding carboxylic acids is 1. The predicted molar refractivity (Wildman–Crippen MR) is 133 cm³/mol. The lowest BCUT2D eigenvalue weighted by atomic mass is 9.47. The molecule has 1 aromatic rings. The Morgan fingerprint density at radius 2 is 2.00 bits per heavy atom. The summed E-state index contributed by atoms with van der Waals surface area (Å²) >= 11 is 0. The lowest BCUT2D eigenvalue weighted by Crippen LogP contribution is -2.53. The van der Waals surface area contributed by atoms with Gasteiger partial charge in [-0.15, -0.1) is 0 Å². The monoisotopic (exact) mass is 481 g/mol. The normalized spacial score (nSPS) is 40.6. The van der Waals surface area contributed by atoms with Crippen LogP contribution in [0.4, 0.5) is 0 Å². The number of aromatic nitrogens is 2. The molecule has 0 aromatic carbocycles. The van der Waals surface area contributed by atoms with E-state index in [9.17, 15) is 9.90 Å². The number of aliphatic hydroxyl groups is 1. The quantitative estimate of drug-likeness (QED) is 0.592. The van der Waals surface area contributed by atoms with Gasteiger partial charge in [-0.3, -0.25) is 9.48 Å². The highest BCUT2D eigenvalue weighted by Gasteiger charge is 2.60. The van der Waals surface area contributed by atoms with Crippen LogP contribution in [0.25, 0.3) is 0 Å². The van der Waals surface area contributed by atoms with Crippen molar-refractivity contribution in [2.24, 2.45) is 46.8 Å². The lowest BCUT2D eigenvalue weighted by molar-refractivity contribution is -0.141. The van der Waals surface area contributed by atoms with Crippen molar-refractivity contribution in [3.05, 3.63) is 18.0 Å². The molecule has 6 nitrogen and oxygen atoms in total. The van der Waals surface area contributed by atoms with Gasteiger partial charge >= 0.3 is 0 Å². The van der Waals surface area contributed by atoms with E-state index in [2.05, 4.69) is 25.0 Å². The van der Waals surface area contributed by atoms with Gasteiger partial charge in [0.25, 0.3) is 0 Å². The smallest absolute Gasteiger partial charge is 0.157 e. The van der Waals surface area contributed by atoms with Gasteiger partial charge < -0.3 is 9.84 Å². The molecule has 0 amide bonds. The van der Waals surface area contributed by atoms with Gasteiger partial charge in [-0.25, -0.2) is 0 Å². The van der Waals surface area contributed by atoms with Crippen molar-refractivity contribution in [2.75, 3.05) is 13.7 Å². The molecule has 0 saturated heterocycles. The molecule has 192 valence electrons. The van der Waals surface area contributed by atoms with E-state index in [0.29, 0.717) is 35.7 Å². The average Bonchev–Trinajstić information content (AvgIpc) is 3.42. The number of hydrogen-bond donors (Lipinski definition) is 1. The summed E-state index contributed by atoms with van der Waals surface area (Å²) in [5.74, 6) is 4.48. The first-order chi connectivity index (χ1) is 16.8. The van der Waals surface area contributed by atoms with Crippen LogP contribution in [-0.2, 0) is 16.1 Å². The molecular weight excluding hydrogens is 438 g/mol. The Morgan fingerprint density at radius 3 is 2.71 bits per heavy atom. The molecule has 0 spiro atoms. The first kappa shape index (κ1) is 25.0. The maximum Gasteiger partial charge on any atom is 0.157 e. The molecule has 0 bridgehead atoms. The zero-order chi connectivity index (χ0) is 24.8. The Morgan fingerprint density at radius 1 is 1.20 bits per heavy atom. The molecule has 5 rings (SSSR count). The Labute approximate surface area is 210 Å². The fraction of sp³-hybridized carbons (Fsp3) is 0.828. The van der Waals surface area contributed by atoms with E-state index in [1.165, 1.54) is 32.1 Å². The van der Waals surface area contributed by atoms with Gasteiger partial charge in [-0.05, 0) is 105 Å². The van der Waals surface area contributed by atoms with E-state index < -0.39 is 5.60 Å². The Bertz CT molecular complexity index is 967. The van der Waals surface area contributed by atoms with E-state index in [1.54, 1.807) is 24.2 Å². The summed E-state index contributed by atoms with van der Waals surface area (Å²) in [4.78, 5) is 13.7. The van der Waals surface area contributed by atoms with Crippen molar-refractivity contribution in [1.82, 2.24) is 9.78 Å². The van der Waals surface area contributed by atoms with Gasteiger partial charge in [-0.2, -0.15) is 10.4 Å². The van der Waals surface area contributed by atoms with Crippen molar-refractivity contribution >= 4 is 5.78 Å². The van der Waals surface area contributed by atoms with Crippen LogP contribution in [0.2, 0.25) is 0 Å². The summed E-state index contributed by atoms with van der Waals surface area (Å²) < 4.78 is 7.02. The number of rotatable bonds is 7. The van der Waals surface area contributed by atoms with Crippen molar-refractivity contribution in [3.63, 3.8) is 0 Å². The molecule has 1 aromatic heterocycles. The number of methoxy groups -OCH3 is 1. The van der Waals surface area contributed by atoms with Gasteiger partial charge in [0.05, 0.1) is 30.5 Å². The number of ether oxygens (including phenoxy) is 1. The lowest BCUT2D eigenvalue weighted by Gasteiger charge is -2.58. The number of nitrogens with zero attached hydrogens (tertiary/aromatic N) is 3. The molecule has 1 heterocycles. The molecule has 0 unspecified atom stereocenters. The minimum Gasteiger partial charge on any atom is -0.387 e. The maximum absolute atomic E-state index is 13.7. The van der Waals surface area contributed by atoms with E-state index >= 15 is 0 Å². The molecule has 8 atom stereocenters. The van der Waals surface area contributed by atoms with Crippen LogP contribution < -0.4 is 0 Å². The molecule has 0 aliphatic heterocycles. The van der Waals surface area contributed by atoms with Crippen LogP contribution in [0.5, 0.6) is 0 Å². The van der Waals surface area contributed by atoms with Crippen LogP contribution in [0.15, 0.2) is 12.4 Å². The van der Waals surface area contributed by atoms with Gasteiger partial charge in [0.15, 0.2) is 5.78 Å². The van der Waals surface area contributed by atoms with Crippen LogP contribution in [0.3, 0.4) is 0 Å². The number of Topliss-reactive ketones (excluding diaryl/α,β-unsaturated/α-hetero) is 1. The molecule has 4 fully saturated rings. The third-order valence-corrected chi connectivity index (χ3v) is 10.5. The summed E-state index contributed by atoms with van der Waals surface area (Å²) in [6.45, 7) is 5.38. The van der Waals surface area contributed by atoms with Crippen molar-refractivity contribution in [2.45, 2.75) is 90.2 Å². The topological polar surface area (TPSA) is 88.1 Å². The minimum atomic E-state index is -0.637. The molecule has 35 heavy (non-hydrogen) atoms. The highest BCUT2D eigenvalue weighted by Crippen LogP contribution is 2.66. The van der Waals surface area contributed by atoms with Gasteiger partial charge in [-0.1, -0.05) is 13.8 Å².